The second kappa shape index (κ2) is 7.89. The molecule has 3 nitrogen and oxygen atoms in total. The summed E-state index contributed by atoms with van der Waals surface area (Å²) in [6.07, 6.45) is 0. The molecule has 0 atom stereocenters. The number of aryl methyl sites for hydroxylation is 1. The van der Waals surface area contributed by atoms with E-state index in [0.29, 0.717) is 0 Å². The highest BCUT2D eigenvalue weighted by Crippen LogP contribution is 2.29. The third-order valence-corrected chi connectivity index (χ3v) is 4.37. The molecule has 0 heterocycles. The molecular formula is C25H20O3. The summed E-state index contributed by atoms with van der Waals surface area (Å²) in [4.78, 5) is 0. The van der Waals surface area contributed by atoms with E-state index in [1.54, 1.807) is 12.1 Å². The molecule has 0 radical (unpaired) electrons. The van der Waals surface area contributed by atoms with Crippen LogP contribution in [0.5, 0.6) is 28.7 Å². The van der Waals surface area contributed by atoms with Gasteiger partial charge in [0, 0.05) is 0 Å². The van der Waals surface area contributed by atoms with Crippen molar-refractivity contribution in [2.24, 2.45) is 0 Å². The van der Waals surface area contributed by atoms with Crippen LogP contribution in [0.1, 0.15) is 5.56 Å². The van der Waals surface area contributed by atoms with Crippen LogP contribution in [0, 0.1) is 6.92 Å². The van der Waals surface area contributed by atoms with Crippen LogP contribution in [0.4, 0.5) is 0 Å². The summed E-state index contributed by atoms with van der Waals surface area (Å²) in [6, 6.07) is 30.5. The largest absolute Gasteiger partial charge is 0.508 e. The zero-order valence-electron chi connectivity index (χ0n) is 15.5. The number of rotatable bonds is 5. The molecule has 0 amide bonds. The second-order valence-electron chi connectivity index (χ2n) is 6.56. The smallest absolute Gasteiger partial charge is 0.127 e. The summed E-state index contributed by atoms with van der Waals surface area (Å²) >= 11 is 0. The summed E-state index contributed by atoms with van der Waals surface area (Å²) in [5.74, 6) is 3.34. The molecular weight excluding hydrogens is 348 g/mol. The zero-order chi connectivity index (χ0) is 19.3. The average molecular weight is 368 g/mol. The maximum absolute atomic E-state index is 9.40. The average Bonchev–Trinajstić information content (AvgIpc) is 2.72. The van der Waals surface area contributed by atoms with Gasteiger partial charge in [0.1, 0.15) is 28.7 Å². The molecule has 0 aliphatic heterocycles. The van der Waals surface area contributed by atoms with E-state index in [9.17, 15) is 5.11 Å². The molecule has 4 aromatic carbocycles. The number of phenolic OH excluding ortho intramolecular Hbond substituents is 1. The molecule has 0 unspecified atom stereocenters. The first-order valence-electron chi connectivity index (χ1n) is 9.08. The molecule has 138 valence electrons. The fraction of sp³-hybridized carbons (Fsp3) is 0.0400. The summed E-state index contributed by atoms with van der Waals surface area (Å²) in [6.45, 7) is 2.05. The van der Waals surface area contributed by atoms with Crippen LogP contribution in [-0.4, -0.2) is 5.11 Å². The van der Waals surface area contributed by atoms with Crippen LogP contribution in [-0.2, 0) is 0 Å². The molecule has 0 aromatic heterocycles. The first kappa shape index (κ1) is 17.7. The van der Waals surface area contributed by atoms with E-state index in [-0.39, 0.29) is 5.75 Å². The minimum absolute atomic E-state index is 0.263. The second-order valence-corrected chi connectivity index (χ2v) is 6.56. The highest BCUT2D eigenvalue weighted by atomic mass is 16.5. The molecule has 0 aliphatic rings. The number of aromatic hydroxyl groups is 1. The topological polar surface area (TPSA) is 38.7 Å². The van der Waals surface area contributed by atoms with E-state index in [1.807, 2.05) is 91.9 Å². The van der Waals surface area contributed by atoms with Crippen molar-refractivity contribution in [1.82, 2.24) is 0 Å². The molecule has 4 aromatic rings. The zero-order valence-corrected chi connectivity index (χ0v) is 15.5. The van der Waals surface area contributed by atoms with Crippen molar-refractivity contribution in [3.05, 3.63) is 103 Å². The van der Waals surface area contributed by atoms with Gasteiger partial charge in [-0.2, -0.15) is 0 Å². The van der Waals surface area contributed by atoms with Gasteiger partial charge in [-0.3, -0.25) is 0 Å². The van der Waals surface area contributed by atoms with Gasteiger partial charge < -0.3 is 14.6 Å². The Morgan fingerprint density at radius 3 is 1.21 bits per heavy atom. The van der Waals surface area contributed by atoms with Gasteiger partial charge in [0.05, 0.1) is 0 Å². The van der Waals surface area contributed by atoms with Crippen molar-refractivity contribution in [3.63, 3.8) is 0 Å². The highest BCUT2D eigenvalue weighted by Gasteiger charge is 2.02. The Bertz CT molecular complexity index is 1030. The number of benzene rings is 4. The van der Waals surface area contributed by atoms with E-state index in [4.69, 9.17) is 9.47 Å². The van der Waals surface area contributed by atoms with Gasteiger partial charge in [-0.15, -0.1) is 0 Å². The minimum atomic E-state index is 0.263. The lowest BCUT2D eigenvalue weighted by Gasteiger charge is -2.09. The number of ether oxygens (including phenoxy) is 2. The van der Waals surface area contributed by atoms with E-state index in [0.717, 1.165) is 34.1 Å². The van der Waals surface area contributed by atoms with Crippen molar-refractivity contribution in [3.8, 4) is 39.9 Å². The van der Waals surface area contributed by atoms with Crippen LogP contribution in [0.3, 0.4) is 0 Å². The van der Waals surface area contributed by atoms with Crippen molar-refractivity contribution in [1.29, 1.82) is 0 Å². The van der Waals surface area contributed by atoms with Crippen LogP contribution in [0.15, 0.2) is 97.1 Å². The molecule has 0 fully saturated rings. The van der Waals surface area contributed by atoms with E-state index in [1.165, 1.54) is 5.56 Å². The minimum Gasteiger partial charge on any atom is -0.508 e. The monoisotopic (exact) mass is 368 g/mol. The van der Waals surface area contributed by atoms with Crippen LogP contribution in [0.2, 0.25) is 0 Å². The van der Waals surface area contributed by atoms with Gasteiger partial charge in [-0.1, -0.05) is 42.0 Å². The van der Waals surface area contributed by atoms with E-state index in [2.05, 4.69) is 0 Å². The molecule has 28 heavy (non-hydrogen) atoms. The lowest BCUT2D eigenvalue weighted by atomic mass is 10.1. The lowest BCUT2D eigenvalue weighted by Crippen LogP contribution is -1.87. The predicted octanol–water partition coefficient (Wildman–Crippen LogP) is 6.95. The summed E-state index contributed by atoms with van der Waals surface area (Å²) in [7, 11) is 0. The van der Waals surface area contributed by atoms with E-state index < -0.39 is 0 Å². The Labute approximate surface area is 164 Å². The third kappa shape index (κ3) is 4.33. The van der Waals surface area contributed by atoms with Crippen molar-refractivity contribution in [2.45, 2.75) is 6.92 Å². The Morgan fingerprint density at radius 2 is 0.786 bits per heavy atom. The normalized spacial score (nSPS) is 10.5. The van der Waals surface area contributed by atoms with Gasteiger partial charge in [0.2, 0.25) is 0 Å². The standard InChI is InChI=1S/C25H20O3/c1-18-2-10-22(11-3-18)27-24-14-16-25(17-15-24)28-23-12-6-20(7-13-23)19-4-8-21(26)9-5-19/h2-17,26H,1H3. The summed E-state index contributed by atoms with van der Waals surface area (Å²) < 4.78 is 11.8. The fourth-order valence-corrected chi connectivity index (χ4v) is 2.82. The van der Waals surface area contributed by atoms with Crippen LogP contribution < -0.4 is 9.47 Å². The summed E-state index contributed by atoms with van der Waals surface area (Å²) in [5, 5.41) is 9.40. The number of hydrogen-bond donors (Lipinski definition) is 1. The maximum atomic E-state index is 9.40. The molecule has 4 rings (SSSR count). The Balaban J connectivity index is 1.41. The molecule has 1 N–H and O–H groups in total. The lowest BCUT2D eigenvalue weighted by molar-refractivity contribution is 0.469. The quantitative estimate of drug-likeness (QED) is 0.414. The van der Waals surface area contributed by atoms with Crippen LogP contribution >= 0.6 is 0 Å². The SMILES string of the molecule is Cc1ccc(Oc2ccc(Oc3ccc(-c4ccc(O)cc4)cc3)cc2)cc1. The fourth-order valence-electron chi connectivity index (χ4n) is 2.82. The molecule has 3 heteroatoms. The van der Waals surface area contributed by atoms with Gasteiger partial charge in [0.15, 0.2) is 0 Å². The van der Waals surface area contributed by atoms with Crippen molar-refractivity contribution >= 4 is 0 Å². The molecule has 0 saturated carbocycles. The van der Waals surface area contributed by atoms with Crippen molar-refractivity contribution in [2.75, 3.05) is 0 Å². The van der Waals surface area contributed by atoms with Crippen LogP contribution in [0.25, 0.3) is 11.1 Å². The molecule has 0 bridgehead atoms. The Morgan fingerprint density at radius 1 is 0.464 bits per heavy atom. The van der Waals surface area contributed by atoms with Gasteiger partial charge >= 0.3 is 0 Å². The summed E-state index contributed by atoms with van der Waals surface area (Å²) in [5.41, 5.74) is 3.31. The van der Waals surface area contributed by atoms with Gasteiger partial charge in [0.25, 0.3) is 0 Å². The molecule has 0 aliphatic carbocycles. The van der Waals surface area contributed by atoms with Gasteiger partial charge in [-0.25, -0.2) is 0 Å². The van der Waals surface area contributed by atoms with E-state index >= 15 is 0 Å². The molecule has 0 saturated heterocycles. The molecule has 0 spiro atoms. The van der Waals surface area contributed by atoms with Gasteiger partial charge in [-0.05, 0) is 78.7 Å². The number of phenols is 1. The first-order valence-corrected chi connectivity index (χ1v) is 9.08. The Kier molecular flexibility index (Phi) is 4.98. The third-order valence-electron chi connectivity index (χ3n) is 4.37. The van der Waals surface area contributed by atoms with Crippen molar-refractivity contribution < 1.29 is 14.6 Å². The first-order chi connectivity index (χ1) is 13.7. The highest BCUT2D eigenvalue weighted by molar-refractivity contribution is 5.64. The Hall–Kier alpha value is -3.72. The number of hydrogen-bond acceptors (Lipinski definition) is 3. The maximum Gasteiger partial charge on any atom is 0.127 e. The predicted molar refractivity (Wildman–Crippen MR) is 111 cm³/mol.